The van der Waals surface area contributed by atoms with E-state index in [9.17, 15) is 34.6 Å². The van der Waals surface area contributed by atoms with Gasteiger partial charge in [0.1, 0.15) is 12.2 Å². The highest BCUT2D eigenvalue weighted by atomic mass is 31.2. The summed E-state index contributed by atoms with van der Waals surface area (Å²) in [6.07, 6.45) is 37.9. The number of hydrogen-bond acceptors (Lipinski definition) is 15. The molecular formula is C61H116N8O13P2. The maximum Gasteiger partial charge on any atom is 0.475 e. The summed E-state index contributed by atoms with van der Waals surface area (Å²) in [4.78, 5) is 45.1. The fourth-order valence-corrected chi connectivity index (χ4v) is 11.7. The summed E-state index contributed by atoms with van der Waals surface area (Å²) < 4.78 is 72.7. The molecule has 0 aliphatic heterocycles. The molecule has 0 aromatic carbocycles. The largest absolute Gasteiger partial charge is 0.475 e. The van der Waals surface area contributed by atoms with Crippen molar-refractivity contribution in [3.8, 4) is 0 Å². The van der Waals surface area contributed by atoms with Crippen molar-refractivity contribution < 1.29 is 60.1 Å². The minimum Gasteiger partial charge on any atom is -0.462 e. The first kappa shape index (κ1) is 80.5. The molecule has 0 heterocycles. The third kappa shape index (κ3) is 48.6. The summed E-state index contributed by atoms with van der Waals surface area (Å²) >= 11 is 0. The second-order valence-corrected chi connectivity index (χ2v) is 25.1. The maximum absolute atomic E-state index is 13.7. The van der Waals surface area contributed by atoms with Crippen LogP contribution in [0.15, 0.2) is 35.5 Å². The van der Waals surface area contributed by atoms with Crippen LogP contribution in [0.25, 0.3) is 20.9 Å². The lowest BCUT2D eigenvalue weighted by atomic mass is 10.0. The van der Waals surface area contributed by atoms with Gasteiger partial charge in [-0.2, -0.15) is 0 Å². The summed E-state index contributed by atoms with van der Waals surface area (Å²) in [7, 11) is -8.46. The fourth-order valence-electron chi connectivity index (χ4n) is 9.44. The molecule has 6 atom stereocenters. The number of ether oxygens (including phenoxy) is 2. The summed E-state index contributed by atoms with van der Waals surface area (Å²) in [5, 5.41) is 13.1. The van der Waals surface area contributed by atoms with E-state index in [0.29, 0.717) is 12.8 Å². The Morgan fingerprint density at radius 2 is 0.714 bits per heavy atom. The van der Waals surface area contributed by atoms with E-state index < -0.39 is 46.0 Å². The molecule has 0 saturated carbocycles. The van der Waals surface area contributed by atoms with Gasteiger partial charge in [-0.25, -0.2) is 13.9 Å². The van der Waals surface area contributed by atoms with Gasteiger partial charge in [0.15, 0.2) is 0 Å². The molecule has 2 N–H and O–H groups in total. The van der Waals surface area contributed by atoms with Crippen LogP contribution in [0.3, 0.4) is 0 Å². The van der Waals surface area contributed by atoms with Crippen LogP contribution in [-0.4, -0.2) is 95.0 Å². The summed E-state index contributed by atoms with van der Waals surface area (Å²) in [6.45, 7) is 14.4. The first-order valence-electron chi connectivity index (χ1n) is 32.7. The quantitative estimate of drug-likeness (QED) is 0.0109. The molecule has 488 valence electrons. The second kappa shape index (κ2) is 58.5. The minimum atomic E-state index is -4.23. The number of amides is 2. The predicted molar refractivity (Wildman–Crippen MR) is 336 cm³/mol. The van der Waals surface area contributed by atoms with Crippen molar-refractivity contribution in [3.05, 3.63) is 46.2 Å². The average Bonchev–Trinajstić information content (AvgIpc) is 3.57. The molecule has 0 aliphatic rings. The summed E-state index contributed by atoms with van der Waals surface area (Å²) in [5.74, 6) is -0.683. The van der Waals surface area contributed by atoms with E-state index in [0.717, 1.165) is 103 Å². The van der Waals surface area contributed by atoms with Crippen molar-refractivity contribution in [2.24, 2.45) is 10.2 Å². The van der Waals surface area contributed by atoms with Crippen LogP contribution >= 0.6 is 15.6 Å². The van der Waals surface area contributed by atoms with Crippen LogP contribution in [0.5, 0.6) is 0 Å². The van der Waals surface area contributed by atoms with Crippen molar-refractivity contribution in [1.82, 2.24) is 10.6 Å². The van der Waals surface area contributed by atoms with Crippen molar-refractivity contribution in [2.75, 3.05) is 52.7 Å². The van der Waals surface area contributed by atoms with E-state index in [2.05, 4.69) is 71.5 Å². The van der Waals surface area contributed by atoms with Crippen LogP contribution < -0.4 is 10.6 Å². The number of phosphoric acid groups is 2. The van der Waals surface area contributed by atoms with Gasteiger partial charge in [-0.3, -0.25) is 36.7 Å². The number of nitrogens with zero attached hydrogens (tertiary/aromatic N) is 6. The molecule has 23 heteroatoms. The number of carbonyl (C=O) groups is 3. The molecule has 0 bridgehead atoms. The number of rotatable bonds is 64. The molecule has 0 fully saturated rings. The average molecular weight is 1230 g/mol. The van der Waals surface area contributed by atoms with Gasteiger partial charge in [0.25, 0.3) is 0 Å². The molecule has 0 rings (SSSR count). The fraction of sp³-hybridized carbons (Fsp3) is 0.885. The van der Waals surface area contributed by atoms with Crippen molar-refractivity contribution in [1.29, 1.82) is 0 Å². The number of nitrogens with one attached hydrogen (secondary N) is 2. The van der Waals surface area contributed by atoms with Gasteiger partial charge in [-0.05, 0) is 62.4 Å². The van der Waals surface area contributed by atoms with Gasteiger partial charge in [-0.1, -0.05) is 230 Å². The van der Waals surface area contributed by atoms with Gasteiger partial charge < -0.3 is 20.1 Å². The Morgan fingerprint density at radius 1 is 0.429 bits per heavy atom. The highest BCUT2D eigenvalue weighted by Gasteiger charge is 2.31. The van der Waals surface area contributed by atoms with Gasteiger partial charge in [-0.15, -0.1) is 13.2 Å². The van der Waals surface area contributed by atoms with E-state index in [4.69, 9.17) is 36.6 Å². The molecule has 84 heavy (non-hydrogen) atoms. The molecule has 0 saturated heterocycles. The Labute approximate surface area is 507 Å². The van der Waals surface area contributed by atoms with E-state index in [-0.39, 0.29) is 90.4 Å². The Balaban J connectivity index is 5.46. The van der Waals surface area contributed by atoms with Crippen LogP contribution in [0.2, 0.25) is 0 Å². The molecular weight excluding hydrogens is 1110 g/mol. The van der Waals surface area contributed by atoms with Crippen molar-refractivity contribution >= 4 is 33.6 Å². The van der Waals surface area contributed by atoms with E-state index >= 15 is 0 Å². The third-order valence-corrected chi connectivity index (χ3v) is 17.2. The maximum atomic E-state index is 13.7. The smallest absolute Gasteiger partial charge is 0.462 e. The molecule has 2 amide bonds. The third-order valence-electron chi connectivity index (χ3n) is 14.3. The van der Waals surface area contributed by atoms with E-state index in [1.807, 2.05) is 0 Å². The Kier molecular flexibility index (Phi) is 56.1. The van der Waals surface area contributed by atoms with Crippen LogP contribution in [-0.2, 0) is 55.3 Å². The van der Waals surface area contributed by atoms with Gasteiger partial charge in [0.05, 0.1) is 51.7 Å². The van der Waals surface area contributed by atoms with Gasteiger partial charge in [0, 0.05) is 35.8 Å². The Hall–Kier alpha value is -3.47. The zero-order valence-corrected chi connectivity index (χ0v) is 54.6. The number of unbranched alkanes of at least 4 members (excludes halogenated alkanes) is 28. The zero-order chi connectivity index (χ0) is 61.9. The number of carbonyl (C=O) groups excluding carboxylic acids is 3. The zero-order valence-electron chi connectivity index (χ0n) is 52.8. The number of phosphoric ester groups is 2. The molecule has 0 aromatic rings. The molecule has 6 unspecified atom stereocenters. The number of esters is 2. The van der Waals surface area contributed by atoms with Crippen LogP contribution in [0.4, 0.5) is 4.79 Å². The van der Waals surface area contributed by atoms with Gasteiger partial charge >= 0.3 is 33.6 Å². The Morgan fingerprint density at radius 3 is 1.01 bits per heavy atom. The van der Waals surface area contributed by atoms with E-state index in [1.54, 1.807) is 0 Å². The van der Waals surface area contributed by atoms with Crippen LogP contribution in [0.1, 0.15) is 272 Å². The lowest BCUT2D eigenvalue weighted by Gasteiger charge is -2.25. The highest BCUT2D eigenvalue weighted by Crippen LogP contribution is 2.50. The van der Waals surface area contributed by atoms with Crippen molar-refractivity contribution in [3.63, 3.8) is 0 Å². The van der Waals surface area contributed by atoms with Gasteiger partial charge in [0.2, 0.25) is 0 Å². The van der Waals surface area contributed by atoms with Crippen molar-refractivity contribution in [2.45, 2.75) is 296 Å². The standard InChI is InChI=1S/C61H116N8O13P2/c1-7-13-17-21-25-29-33-37-41-57(81-59(70)43-39-35-31-27-23-19-15-9-3)55(66-68-62)45-51-77-83(73,75-49-11-5)79-53-47-64-61(72)65-48-54-80-84(74,76-50-12-6)78-52-46-56(67-69-63)58(42-38-34-30-26-22-18-14-8-2)82-60(71)44-40-36-32-28-24-20-16-10-4/h11-12,55-58H,5-10,13-54H2,1-4H3,(H2,64,65,72). The molecule has 0 radical (unpaired) electrons. The molecule has 0 spiro atoms. The summed E-state index contributed by atoms with van der Waals surface area (Å²) in [5.41, 5.74) is 19.1. The molecule has 21 nitrogen and oxygen atoms in total. The number of urea groups is 1. The Bertz CT molecular complexity index is 1720. The minimum absolute atomic E-state index is 0.0631. The van der Waals surface area contributed by atoms with E-state index in [1.165, 1.54) is 115 Å². The summed E-state index contributed by atoms with van der Waals surface area (Å²) in [6, 6.07) is -2.25. The van der Waals surface area contributed by atoms with Crippen LogP contribution in [0, 0.1) is 0 Å². The lowest BCUT2D eigenvalue weighted by molar-refractivity contribution is -0.151. The molecule has 0 aromatic heterocycles. The molecule has 0 aliphatic carbocycles. The monoisotopic (exact) mass is 1230 g/mol. The first-order chi connectivity index (χ1) is 40.9. The topological polar surface area (TPSA) is 281 Å². The normalized spacial score (nSPS) is 14.1. The predicted octanol–water partition coefficient (Wildman–Crippen LogP) is 19.1. The SMILES string of the molecule is C=CCOP(=O)(OCCNC(=O)NCCOP(=O)(OCC=C)OCCC(N=[N+]=[N-])C(CCCCCCCCCC)OC(=O)CCCCCCCCCC)OCCC(N=[N+]=[N-])C(CCCCCCCCCC)OC(=O)CCCCCCCCCC. The highest BCUT2D eigenvalue weighted by molar-refractivity contribution is 7.48. The lowest BCUT2D eigenvalue weighted by Crippen LogP contribution is -2.38. The first-order valence-corrected chi connectivity index (χ1v) is 35.6. The number of azide groups is 2. The number of hydrogen-bond donors (Lipinski definition) is 2. The second-order valence-electron chi connectivity index (χ2n) is 21.7.